The van der Waals surface area contributed by atoms with Gasteiger partial charge in [-0.05, 0) is 61.5 Å². The molecule has 0 fully saturated rings. The van der Waals surface area contributed by atoms with Crippen molar-refractivity contribution >= 4 is 40.1 Å². The number of amides is 2. The van der Waals surface area contributed by atoms with Gasteiger partial charge in [-0.15, -0.1) is 5.10 Å². The Morgan fingerprint density at radius 1 is 1.13 bits per heavy atom. The first-order chi connectivity index (χ1) is 18.4. The number of fused-ring (bicyclic) bond motifs is 1. The molecule has 0 aliphatic heterocycles. The van der Waals surface area contributed by atoms with Crippen molar-refractivity contribution in [1.82, 2.24) is 20.3 Å². The first-order valence-electron chi connectivity index (χ1n) is 11.7. The summed E-state index contributed by atoms with van der Waals surface area (Å²) in [5, 5.41) is 11.5. The molecule has 0 spiro atoms. The molecule has 38 heavy (non-hydrogen) atoms. The van der Waals surface area contributed by atoms with Crippen LogP contribution < -0.4 is 15.0 Å². The van der Waals surface area contributed by atoms with E-state index in [2.05, 4.69) is 15.6 Å². The van der Waals surface area contributed by atoms with Crippen molar-refractivity contribution in [2.75, 3.05) is 12.0 Å². The lowest BCUT2D eigenvalue weighted by molar-refractivity contribution is -0.127. The fourth-order valence-corrected chi connectivity index (χ4v) is 4.33. The summed E-state index contributed by atoms with van der Waals surface area (Å²) in [5.41, 5.74) is 1.61. The number of benzene rings is 2. The molecule has 0 radical (unpaired) electrons. The number of halogens is 1. The smallest absolute Gasteiger partial charge is 0.251 e. The van der Waals surface area contributed by atoms with E-state index in [9.17, 15) is 9.59 Å². The molecule has 1 unspecified atom stereocenters. The predicted octanol–water partition coefficient (Wildman–Crippen LogP) is 4.68. The van der Waals surface area contributed by atoms with Gasteiger partial charge in [0.1, 0.15) is 35.1 Å². The van der Waals surface area contributed by atoms with Crippen LogP contribution in [-0.2, 0) is 22.7 Å². The highest BCUT2D eigenvalue weighted by Gasteiger charge is 2.37. The molecule has 3 aromatic heterocycles. The minimum Gasteiger partial charge on any atom is -0.495 e. The highest BCUT2D eigenvalue weighted by molar-refractivity contribution is 6.31. The predicted molar refractivity (Wildman–Crippen MR) is 140 cm³/mol. The molecular weight excluding hydrogens is 510 g/mol. The van der Waals surface area contributed by atoms with Gasteiger partial charge in [0.05, 0.1) is 31.1 Å². The summed E-state index contributed by atoms with van der Waals surface area (Å²) < 4.78 is 18.3. The van der Waals surface area contributed by atoms with Gasteiger partial charge in [-0.2, -0.15) is 0 Å². The number of anilines is 1. The number of aryl methyl sites for hydroxylation is 1. The Hall–Kier alpha value is -4.57. The number of rotatable bonds is 9. The van der Waals surface area contributed by atoms with Gasteiger partial charge in [-0.3, -0.25) is 14.5 Å². The first-order valence-corrected chi connectivity index (χ1v) is 12.1. The Morgan fingerprint density at radius 2 is 1.97 bits per heavy atom. The molecular formula is C27H24ClN5O5. The number of nitrogens with one attached hydrogen (secondary N) is 1. The van der Waals surface area contributed by atoms with Gasteiger partial charge in [0.15, 0.2) is 6.04 Å². The Bertz CT molecular complexity index is 1580. The van der Waals surface area contributed by atoms with Crippen molar-refractivity contribution in [1.29, 1.82) is 0 Å². The zero-order valence-corrected chi connectivity index (χ0v) is 21.4. The normalized spacial score (nSPS) is 11.9. The summed E-state index contributed by atoms with van der Waals surface area (Å²) in [6.45, 7) is 1.66. The molecule has 3 heterocycles. The zero-order chi connectivity index (χ0) is 26.6. The fraction of sp³-hybridized carbons (Fsp3) is 0.185. The number of furan rings is 2. The van der Waals surface area contributed by atoms with Crippen LogP contribution in [0.3, 0.4) is 0 Å². The number of hydrogen-bond acceptors (Lipinski definition) is 7. The Balaban J connectivity index is 1.59. The van der Waals surface area contributed by atoms with E-state index < -0.39 is 17.9 Å². The molecule has 5 rings (SSSR count). The van der Waals surface area contributed by atoms with Gasteiger partial charge in [0, 0.05) is 5.02 Å². The third-order valence-electron chi connectivity index (χ3n) is 5.93. The summed E-state index contributed by atoms with van der Waals surface area (Å²) >= 11 is 6.35. The van der Waals surface area contributed by atoms with Crippen LogP contribution in [0.1, 0.15) is 23.3 Å². The maximum atomic E-state index is 14.1. The summed E-state index contributed by atoms with van der Waals surface area (Å²) in [7, 11) is 1.48. The molecule has 0 aliphatic carbocycles. The molecule has 0 saturated heterocycles. The van der Waals surface area contributed by atoms with Crippen LogP contribution in [0.25, 0.3) is 11.0 Å². The SMILES string of the molecule is COc1ccc(Cl)cc1N(C(=O)Cn1nnc2ccccc21)C(C(=O)NCc1ccco1)c1ccc(C)o1. The topological polar surface area (TPSA) is 116 Å². The van der Waals surface area contributed by atoms with E-state index in [1.165, 1.54) is 23.0 Å². The van der Waals surface area contributed by atoms with Gasteiger partial charge < -0.3 is 18.9 Å². The second kappa shape index (κ2) is 10.8. The molecule has 1 atom stereocenters. The van der Waals surface area contributed by atoms with Gasteiger partial charge in [-0.25, -0.2) is 4.68 Å². The molecule has 0 saturated carbocycles. The average molecular weight is 534 g/mol. The first kappa shape index (κ1) is 25.1. The molecule has 0 aliphatic rings. The standard InChI is InChI=1S/C27H24ClN5O5/c1-17-9-11-24(38-17)26(27(35)29-15-19-6-5-13-37-19)33(22-14-18(28)10-12-23(22)36-2)25(34)16-32-21-8-4-3-7-20(21)30-31-32/h3-14,26H,15-16H2,1-2H3,(H,29,35). The highest BCUT2D eigenvalue weighted by atomic mass is 35.5. The van der Waals surface area contributed by atoms with Crippen LogP contribution in [0.15, 0.2) is 81.8 Å². The van der Waals surface area contributed by atoms with E-state index in [-0.39, 0.29) is 18.8 Å². The molecule has 1 N–H and O–H groups in total. The molecule has 2 amide bonds. The van der Waals surface area contributed by atoms with Gasteiger partial charge in [-0.1, -0.05) is 28.9 Å². The Labute approximate surface area is 222 Å². The third-order valence-corrected chi connectivity index (χ3v) is 6.16. The average Bonchev–Trinajstić information content (AvgIpc) is 3.68. The number of ether oxygens (including phenoxy) is 1. The van der Waals surface area contributed by atoms with Crippen LogP contribution in [0, 0.1) is 6.92 Å². The Kier molecular flexibility index (Phi) is 7.14. The monoisotopic (exact) mass is 533 g/mol. The molecule has 2 aromatic carbocycles. The quantitative estimate of drug-likeness (QED) is 0.292. The van der Waals surface area contributed by atoms with Crippen molar-refractivity contribution in [2.45, 2.75) is 26.1 Å². The molecule has 11 heteroatoms. The summed E-state index contributed by atoms with van der Waals surface area (Å²) in [5.74, 6) is 0.788. The zero-order valence-electron chi connectivity index (χ0n) is 20.6. The number of nitrogens with zero attached hydrogens (tertiary/aromatic N) is 4. The van der Waals surface area contributed by atoms with E-state index >= 15 is 0 Å². The van der Waals surface area contributed by atoms with Gasteiger partial charge in [0.25, 0.3) is 5.91 Å². The highest BCUT2D eigenvalue weighted by Crippen LogP contribution is 2.37. The summed E-state index contributed by atoms with van der Waals surface area (Å²) in [6.07, 6.45) is 1.52. The molecule has 10 nitrogen and oxygen atoms in total. The van der Waals surface area contributed by atoms with Crippen LogP contribution in [0.5, 0.6) is 5.75 Å². The molecule has 0 bridgehead atoms. The molecule has 5 aromatic rings. The van der Waals surface area contributed by atoms with Gasteiger partial charge in [0.2, 0.25) is 5.91 Å². The maximum Gasteiger partial charge on any atom is 0.251 e. The maximum absolute atomic E-state index is 14.1. The number of para-hydroxylation sites is 1. The van der Waals surface area contributed by atoms with Crippen molar-refractivity contribution in [3.8, 4) is 5.75 Å². The Morgan fingerprint density at radius 3 is 2.71 bits per heavy atom. The van der Waals surface area contributed by atoms with E-state index in [4.69, 9.17) is 25.2 Å². The lowest BCUT2D eigenvalue weighted by atomic mass is 10.1. The van der Waals surface area contributed by atoms with Crippen LogP contribution in [-0.4, -0.2) is 33.9 Å². The summed E-state index contributed by atoms with van der Waals surface area (Å²) in [6, 6.07) is 17.8. The van der Waals surface area contributed by atoms with Crippen LogP contribution in [0.2, 0.25) is 5.02 Å². The minimum absolute atomic E-state index is 0.116. The van der Waals surface area contributed by atoms with Crippen molar-refractivity contribution in [2.24, 2.45) is 0 Å². The van der Waals surface area contributed by atoms with Crippen molar-refractivity contribution in [3.63, 3.8) is 0 Å². The van der Waals surface area contributed by atoms with Crippen molar-refractivity contribution in [3.05, 3.63) is 95.3 Å². The van der Waals surface area contributed by atoms with E-state index in [1.54, 1.807) is 55.5 Å². The van der Waals surface area contributed by atoms with E-state index in [0.717, 1.165) is 0 Å². The summed E-state index contributed by atoms with van der Waals surface area (Å²) in [4.78, 5) is 29.2. The number of carbonyl (C=O) groups is 2. The van der Waals surface area contributed by atoms with Crippen molar-refractivity contribution < 1.29 is 23.2 Å². The largest absolute Gasteiger partial charge is 0.495 e. The number of methoxy groups -OCH3 is 1. The van der Waals surface area contributed by atoms with E-state index in [0.29, 0.717) is 39.0 Å². The second-order valence-corrected chi connectivity index (χ2v) is 8.90. The number of hydrogen-bond donors (Lipinski definition) is 1. The fourth-order valence-electron chi connectivity index (χ4n) is 4.17. The lowest BCUT2D eigenvalue weighted by Gasteiger charge is -2.31. The van der Waals surface area contributed by atoms with Gasteiger partial charge >= 0.3 is 0 Å². The minimum atomic E-state index is -1.20. The van der Waals surface area contributed by atoms with Crippen LogP contribution in [0.4, 0.5) is 5.69 Å². The van der Waals surface area contributed by atoms with E-state index in [1.807, 2.05) is 18.2 Å². The molecule has 194 valence electrons. The van der Waals surface area contributed by atoms with Crippen LogP contribution >= 0.6 is 11.6 Å². The number of carbonyl (C=O) groups excluding carboxylic acids is 2. The number of aromatic nitrogens is 3. The second-order valence-electron chi connectivity index (χ2n) is 8.46. The lowest BCUT2D eigenvalue weighted by Crippen LogP contribution is -2.45. The third kappa shape index (κ3) is 5.12.